The molecule has 6 heteroatoms. The number of carboxylic acid groups (broad SMARTS) is 1. The van der Waals surface area contributed by atoms with Crippen LogP contribution in [-0.4, -0.2) is 22.7 Å². The fourth-order valence-corrected chi connectivity index (χ4v) is 3.01. The quantitative estimate of drug-likeness (QED) is 0.744. The number of carboxylic acids is 1. The monoisotopic (exact) mass is 215 g/mol. The molecular weight excluding hydrogens is 210 g/mol. The van der Waals surface area contributed by atoms with E-state index in [1.165, 1.54) is 11.8 Å². The van der Waals surface area contributed by atoms with Crippen LogP contribution >= 0.6 is 23.1 Å². The molecule has 1 aromatic heterocycles. The van der Waals surface area contributed by atoms with Crippen LogP contribution in [0.15, 0.2) is 10.3 Å². The van der Waals surface area contributed by atoms with E-state index in [0.717, 1.165) is 11.3 Å². The fraction of sp³-hybridized carbons (Fsp3) is 0.143. The lowest BCUT2D eigenvalue weighted by Gasteiger charge is -2.11. The Morgan fingerprint density at radius 3 is 3.08 bits per heavy atom. The second kappa shape index (κ2) is 3.04. The number of amides is 1. The Balaban J connectivity index is 2.44. The van der Waals surface area contributed by atoms with Gasteiger partial charge in [0.25, 0.3) is 0 Å². The van der Waals surface area contributed by atoms with Gasteiger partial charge in [-0.15, -0.1) is 23.1 Å². The molecule has 0 aliphatic carbocycles. The van der Waals surface area contributed by atoms with E-state index in [2.05, 4.69) is 5.32 Å². The van der Waals surface area contributed by atoms with Gasteiger partial charge in [-0.2, -0.15) is 0 Å². The molecule has 0 bridgehead atoms. The van der Waals surface area contributed by atoms with E-state index in [1.54, 1.807) is 5.38 Å². The molecule has 0 atom stereocenters. The summed E-state index contributed by atoms with van der Waals surface area (Å²) in [5.41, 5.74) is 0.628. The molecule has 2 rings (SSSR count). The molecule has 0 aromatic carbocycles. The normalized spacial score (nSPS) is 14.9. The SMILES string of the molecule is O=C1CSc2c(csc2C(=O)O)N1. The summed E-state index contributed by atoms with van der Waals surface area (Å²) in [4.78, 5) is 22.6. The third kappa shape index (κ3) is 1.42. The predicted molar refractivity (Wildman–Crippen MR) is 50.6 cm³/mol. The average Bonchev–Trinajstić information content (AvgIpc) is 2.46. The number of nitrogens with one attached hydrogen (secondary N) is 1. The number of fused-ring (bicyclic) bond motifs is 1. The highest BCUT2D eigenvalue weighted by Crippen LogP contribution is 2.38. The van der Waals surface area contributed by atoms with E-state index in [1.807, 2.05) is 0 Å². The summed E-state index contributed by atoms with van der Waals surface area (Å²) in [6.07, 6.45) is 0. The van der Waals surface area contributed by atoms with E-state index in [-0.39, 0.29) is 5.91 Å². The number of anilines is 1. The molecule has 13 heavy (non-hydrogen) atoms. The zero-order chi connectivity index (χ0) is 9.42. The van der Waals surface area contributed by atoms with Gasteiger partial charge in [0.1, 0.15) is 4.88 Å². The fourth-order valence-electron chi connectivity index (χ4n) is 1.05. The van der Waals surface area contributed by atoms with Crippen molar-refractivity contribution in [2.24, 2.45) is 0 Å². The molecule has 1 aliphatic heterocycles. The predicted octanol–water partition coefficient (Wildman–Crippen LogP) is 1.49. The molecule has 4 nitrogen and oxygen atoms in total. The lowest BCUT2D eigenvalue weighted by Crippen LogP contribution is -2.18. The highest BCUT2D eigenvalue weighted by atomic mass is 32.2. The van der Waals surface area contributed by atoms with Crippen LogP contribution in [0.3, 0.4) is 0 Å². The summed E-state index contributed by atoms with van der Waals surface area (Å²) in [6.45, 7) is 0. The smallest absolute Gasteiger partial charge is 0.347 e. The molecule has 1 aliphatic rings. The number of carbonyl (C=O) groups excluding carboxylic acids is 1. The van der Waals surface area contributed by atoms with Gasteiger partial charge in [-0.05, 0) is 0 Å². The zero-order valence-electron chi connectivity index (χ0n) is 6.36. The van der Waals surface area contributed by atoms with Crippen LogP contribution in [-0.2, 0) is 4.79 Å². The lowest BCUT2D eigenvalue weighted by molar-refractivity contribution is -0.113. The van der Waals surface area contributed by atoms with Crippen molar-refractivity contribution >= 4 is 40.7 Å². The molecule has 0 saturated carbocycles. The van der Waals surface area contributed by atoms with Gasteiger partial charge >= 0.3 is 5.97 Å². The van der Waals surface area contributed by atoms with Crippen molar-refractivity contribution in [1.82, 2.24) is 0 Å². The summed E-state index contributed by atoms with van der Waals surface area (Å²) < 4.78 is 0. The highest BCUT2D eigenvalue weighted by molar-refractivity contribution is 8.00. The van der Waals surface area contributed by atoms with Gasteiger partial charge in [0.05, 0.1) is 16.3 Å². The maximum atomic E-state index is 10.9. The van der Waals surface area contributed by atoms with Crippen molar-refractivity contribution in [3.63, 3.8) is 0 Å². The van der Waals surface area contributed by atoms with Crippen LogP contribution in [0.1, 0.15) is 9.67 Å². The van der Waals surface area contributed by atoms with Gasteiger partial charge in [0, 0.05) is 5.38 Å². The molecule has 2 N–H and O–H groups in total. The van der Waals surface area contributed by atoms with Gasteiger partial charge in [0.2, 0.25) is 5.91 Å². The van der Waals surface area contributed by atoms with Crippen LogP contribution in [0.4, 0.5) is 5.69 Å². The highest BCUT2D eigenvalue weighted by Gasteiger charge is 2.23. The Morgan fingerprint density at radius 2 is 2.38 bits per heavy atom. The lowest BCUT2D eigenvalue weighted by atomic mass is 10.4. The second-order valence-electron chi connectivity index (χ2n) is 2.45. The maximum absolute atomic E-state index is 10.9. The van der Waals surface area contributed by atoms with Crippen molar-refractivity contribution in [3.05, 3.63) is 10.3 Å². The topological polar surface area (TPSA) is 66.4 Å². The third-order valence-corrected chi connectivity index (χ3v) is 3.78. The summed E-state index contributed by atoms with van der Waals surface area (Å²) in [5, 5.41) is 13.1. The van der Waals surface area contributed by atoms with Crippen LogP contribution in [0.25, 0.3) is 0 Å². The van der Waals surface area contributed by atoms with Gasteiger partial charge in [-0.25, -0.2) is 4.79 Å². The van der Waals surface area contributed by atoms with Crippen molar-refractivity contribution in [1.29, 1.82) is 0 Å². The van der Waals surface area contributed by atoms with E-state index in [9.17, 15) is 9.59 Å². The maximum Gasteiger partial charge on any atom is 0.347 e. The molecule has 0 unspecified atom stereocenters. The molecule has 0 spiro atoms. The Hall–Kier alpha value is -1.01. The van der Waals surface area contributed by atoms with Crippen molar-refractivity contribution in [2.75, 3.05) is 11.1 Å². The number of thioether (sulfide) groups is 1. The number of hydrogen-bond donors (Lipinski definition) is 2. The van der Waals surface area contributed by atoms with Gasteiger partial charge in [0.15, 0.2) is 0 Å². The first-order chi connectivity index (χ1) is 6.18. The Kier molecular flexibility index (Phi) is 2.01. The van der Waals surface area contributed by atoms with Crippen molar-refractivity contribution in [3.8, 4) is 0 Å². The largest absolute Gasteiger partial charge is 0.477 e. The van der Waals surface area contributed by atoms with E-state index < -0.39 is 5.97 Å². The third-order valence-electron chi connectivity index (χ3n) is 1.56. The Labute approximate surface area is 82.0 Å². The minimum Gasteiger partial charge on any atom is -0.477 e. The molecular formula is C7H5NO3S2. The molecule has 1 amide bonds. The first kappa shape index (κ1) is 8.58. The van der Waals surface area contributed by atoms with Crippen molar-refractivity contribution < 1.29 is 14.7 Å². The molecule has 0 fully saturated rings. The first-order valence-electron chi connectivity index (χ1n) is 3.46. The average molecular weight is 215 g/mol. The number of rotatable bonds is 1. The second-order valence-corrected chi connectivity index (χ2v) is 4.31. The Bertz CT molecular complexity index is 385. The van der Waals surface area contributed by atoms with E-state index in [4.69, 9.17) is 5.11 Å². The molecule has 0 saturated heterocycles. The molecule has 2 heterocycles. The molecule has 68 valence electrons. The molecule has 1 aromatic rings. The molecule has 0 radical (unpaired) electrons. The van der Waals surface area contributed by atoms with Gasteiger partial charge in [-0.3, -0.25) is 4.79 Å². The van der Waals surface area contributed by atoms with E-state index >= 15 is 0 Å². The van der Waals surface area contributed by atoms with Gasteiger partial charge in [-0.1, -0.05) is 0 Å². The zero-order valence-corrected chi connectivity index (χ0v) is 8.00. The van der Waals surface area contributed by atoms with Crippen LogP contribution in [0.2, 0.25) is 0 Å². The summed E-state index contributed by atoms with van der Waals surface area (Å²) in [5.74, 6) is -0.716. The summed E-state index contributed by atoms with van der Waals surface area (Å²) in [6, 6.07) is 0. The minimum absolute atomic E-state index is 0.0766. The standard InChI is InChI=1S/C7H5NO3S2/c9-4-2-13-5-3(8-4)1-12-6(5)7(10)11/h1H,2H2,(H,8,9)(H,10,11). The summed E-state index contributed by atoms with van der Waals surface area (Å²) in [7, 11) is 0. The Morgan fingerprint density at radius 1 is 1.62 bits per heavy atom. The first-order valence-corrected chi connectivity index (χ1v) is 5.32. The van der Waals surface area contributed by atoms with Crippen LogP contribution < -0.4 is 5.32 Å². The summed E-state index contributed by atoms with van der Waals surface area (Å²) >= 11 is 2.42. The number of thiophene rings is 1. The van der Waals surface area contributed by atoms with Crippen molar-refractivity contribution in [2.45, 2.75) is 4.90 Å². The minimum atomic E-state index is -0.935. The van der Waals surface area contributed by atoms with E-state index in [0.29, 0.717) is 21.2 Å². The number of carbonyl (C=O) groups is 2. The number of aromatic carboxylic acids is 1. The van der Waals surface area contributed by atoms with Crippen LogP contribution in [0, 0.1) is 0 Å². The van der Waals surface area contributed by atoms with Crippen LogP contribution in [0.5, 0.6) is 0 Å². The number of hydrogen-bond acceptors (Lipinski definition) is 4. The van der Waals surface area contributed by atoms with Gasteiger partial charge < -0.3 is 10.4 Å².